The van der Waals surface area contributed by atoms with E-state index in [9.17, 15) is 14.4 Å². The molecule has 0 N–H and O–H groups in total. The number of imide groups is 1. The van der Waals surface area contributed by atoms with Gasteiger partial charge in [-0.15, -0.1) is 0 Å². The van der Waals surface area contributed by atoms with Gasteiger partial charge in [-0.2, -0.15) is 0 Å². The second-order valence-corrected chi connectivity index (χ2v) is 4.86. The van der Waals surface area contributed by atoms with Crippen molar-refractivity contribution in [2.75, 3.05) is 0 Å². The summed E-state index contributed by atoms with van der Waals surface area (Å²) in [6, 6.07) is 0. The average Bonchev–Trinajstić information content (AvgIpc) is 2.27. The van der Waals surface area contributed by atoms with Gasteiger partial charge in [-0.25, -0.2) is 9.69 Å². The number of alkyl halides is 3. The Kier molecular flexibility index (Phi) is 2.94. The summed E-state index contributed by atoms with van der Waals surface area (Å²) in [6.45, 7) is 1.06. The highest BCUT2D eigenvalue weighted by molar-refractivity contribution is 6.68. The van der Waals surface area contributed by atoms with Crippen molar-refractivity contribution in [1.29, 1.82) is 0 Å². The summed E-state index contributed by atoms with van der Waals surface area (Å²) in [5.41, 5.74) is 0. The van der Waals surface area contributed by atoms with Gasteiger partial charge in [-0.3, -0.25) is 9.59 Å². The molecule has 1 aliphatic heterocycles. The van der Waals surface area contributed by atoms with E-state index < -0.39 is 27.8 Å². The normalized spacial score (nSPS) is 22.6. The number of esters is 1. The van der Waals surface area contributed by atoms with Crippen molar-refractivity contribution in [2.24, 2.45) is 0 Å². The van der Waals surface area contributed by atoms with Gasteiger partial charge in [-0.1, -0.05) is 34.8 Å². The maximum Gasteiger partial charge on any atom is 0.399 e. The van der Waals surface area contributed by atoms with Crippen LogP contribution in [0.1, 0.15) is 6.92 Å². The molecule has 0 bridgehead atoms. The van der Waals surface area contributed by atoms with Gasteiger partial charge >= 0.3 is 11.9 Å². The lowest BCUT2D eigenvalue weighted by molar-refractivity contribution is -0.149. The van der Waals surface area contributed by atoms with Crippen LogP contribution in [0, 0.1) is 0 Å². The van der Waals surface area contributed by atoms with Crippen LogP contribution in [-0.2, 0) is 19.1 Å². The molecule has 0 spiro atoms. The first kappa shape index (κ1) is 11.6. The number of carbonyl (C=O) groups is 3. The summed E-state index contributed by atoms with van der Waals surface area (Å²) < 4.78 is 2.38. The van der Waals surface area contributed by atoms with Crippen molar-refractivity contribution in [3.63, 3.8) is 0 Å². The topological polar surface area (TPSA) is 63.7 Å². The van der Waals surface area contributed by atoms with Crippen LogP contribution in [0.2, 0.25) is 0 Å². The van der Waals surface area contributed by atoms with E-state index in [-0.39, 0.29) is 0 Å². The molecule has 0 radical (unpaired) electrons. The Bertz CT molecular complexity index is 311. The van der Waals surface area contributed by atoms with Crippen LogP contribution in [0.5, 0.6) is 0 Å². The van der Waals surface area contributed by atoms with Crippen molar-refractivity contribution < 1.29 is 19.1 Å². The molecular weight excluding hydrogens is 256 g/mol. The molecule has 1 atom stereocenters. The van der Waals surface area contributed by atoms with Gasteiger partial charge in [0.05, 0.1) is 0 Å². The van der Waals surface area contributed by atoms with Crippen LogP contribution < -0.4 is 0 Å². The van der Waals surface area contributed by atoms with Crippen molar-refractivity contribution in [3.8, 4) is 0 Å². The minimum absolute atomic E-state index is 0.468. The summed E-state index contributed by atoms with van der Waals surface area (Å²) in [5.74, 6) is -3.07. The standard InChI is InChI=1S/C6H4Cl3NO4/c1-2(11)10-3(12)4(13)14-5(10)6(7,8)9/h5H,1H3. The van der Waals surface area contributed by atoms with E-state index in [0.717, 1.165) is 6.92 Å². The Hall–Kier alpha value is -0.520. The third kappa shape index (κ3) is 1.94. The van der Waals surface area contributed by atoms with E-state index in [1.807, 2.05) is 0 Å². The zero-order chi connectivity index (χ0) is 11.1. The fourth-order valence-corrected chi connectivity index (χ4v) is 1.36. The van der Waals surface area contributed by atoms with Crippen LogP contribution in [-0.4, -0.2) is 32.7 Å². The third-order valence-corrected chi connectivity index (χ3v) is 2.03. The number of ether oxygens (including phenoxy) is 1. The predicted molar refractivity (Wildman–Crippen MR) is 47.7 cm³/mol. The molecule has 2 amide bonds. The molecule has 1 aliphatic rings. The number of nitrogens with zero attached hydrogens (tertiary/aromatic N) is 1. The fourth-order valence-electron chi connectivity index (χ4n) is 0.931. The molecule has 0 aromatic carbocycles. The number of hydrogen-bond acceptors (Lipinski definition) is 4. The molecule has 78 valence electrons. The van der Waals surface area contributed by atoms with Crippen LogP contribution in [0.4, 0.5) is 0 Å². The van der Waals surface area contributed by atoms with Gasteiger partial charge < -0.3 is 4.74 Å². The van der Waals surface area contributed by atoms with E-state index in [0.29, 0.717) is 4.90 Å². The molecule has 0 aromatic rings. The first-order valence-electron chi connectivity index (χ1n) is 3.36. The molecule has 1 fully saturated rings. The van der Waals surface area contributed by atoms with Crippen molar-refractivity contribution in [3.05, 3.63) is 0 Å². The first-order chi connectivity index (χ1) is 6.25. The second-order valence-electron chi connectivity index (χ2n) is 2.49. The fraction of sp³-hybridized carbons (Fsp3) is 0.500. The Balaban J connectivity index is 3.03. The number of carbonyl (C=O) groups excluding carboxylic acids is 3. The Morgan fingerprint density at radius 2 is 1.93 bits per heavy atom. The summed E-state index contributed by atoms with van der Waals surface area (Å²) in [6.07, 6.45) is -1.50. The minimum Gasteiger partial charge on any atom is -0.429 e. The molecule has 5 nitrogen and oxygen atoms in total. The Labute approximate surface area is 93.8 Å². The smallest absolute Gasteiger partial charge is 0.399 e. The van der Waals surface area contributed by atoms with Gasteiger partial charge in [0.25, 0.3) is 0 Å². The molecule has 14 heavy (non-hydrogen) atoms. The quantitative estimate of drug-likeness (QED) is 0.364. The van der Waals surface area contributed by atoms with Gasteiger partial charge in [0.15, 0.2) is 0 Å². The minimum atomic E-state index is -2.05. The highest BCUT2D eigenvalue weighted by Crippen LogP contribution is 2.36. The number of rotatable bonds is 0. The number of cyclic esters (lactones) is 1. The number of halogens is 3. The van der Waals surface area contributed by atoms with E-state index in [2.05, 4.69) is 4.74 Å². The second kappa shape index (κ2) is 3.56. The van der Waals surface area contributed by atoms with Gasteiger partial charge in [0, 0.05) is 6.92 Å². The first-order valence-corrected chi connectivity index (χ1v) is 4.50. The highest BCUT2D eigenvalue weighted by Gasteiger charge is 2.52. The molecule has 1 unspecified atom stereocenters. The summed E-state index contributed by atoms with van der Waals surface area (Å²) >= 11 is 16.2. The zero-order valence-electron chi connectivity index (χ0n) is 6.79. The maximum atomic E-state index is 11.1. The van der Waals surface area contributed by atoms with Gasteiger partial charge in [0.1, 0.15) is 0 Å². The van der Waals surface area contributed by atoms with Crippen molar-refractivity contribution >= 4 is 52.6 Å². The molecule has 0 saturated carbocycles. The lowest BCUT2D eigenvalue weighted by Crippen LogP contribution is -2.44. The molecule has 8 heteroatoms. The molecule has 0 aromatic heterocycles. The molecule has 1 heterocycles. The van der Waals surface area contributed by atoms with E-state index in [1.54, 1.807) is 0 Å². The molecule has 1 saturated heterocycles. The van der Waals surface area contributed by atoms with Crippen molar-refractivity contribution in [1.82, 2.24) is 4.90 Å². The Morgan fingerprint density at radius 1 is 1.43 bits per heavy atom. The number of hydrogen-bond donors (Lipinski definition) is 0. The lowest BCUT2D eigenvalue weighted by Gasteiger charge is -2.24. The third-order valence-electron chi connectivity index (χ3n) is 1.47. The summed E-state index contributed by atoms with van der Waals surface area (Å²) in [5, 5.41) is 0. The largest absolute Gasteiger partial charge is 0.429 e. The molecular formula is C6H4Cl3NO4. The monoisotopic (exact) mass is 259 g/mol. The maximum absolute atomic E-state index is 11.1. The van der Waals surface area contributed by atoms with Crippen LogP contribution in [0.25, 0.3) is 0 Å². The average molecular weight is 260 g/mol. The molecule has 1 rings (SSSR count). The van der Waals surface area contributed by atoms with E-state index in [1.165, 1.54) is 0 Å². The van der Waals surface area contributed by atoms with Gasteiger partial charge in [-0.05, 0) is 0 Å². The zero-order valence-corrected chi connectivity index (χ0v) is 9.06. The van der Waals surface area contributed by atoms with Crippen molar-refractivity contribution in [2.45, 2.75) is 16.9 Å². The predicted octanol–water partition coefficient (Wildman–Crippen LogP) is 0.615. The summed E-state index contributed by atoms with van der Waals surface area (Å²) in [7, 11) is 0. The van der Waals surface area contributed by atoms with Crippen LogP contribution in [0.3, 0.4) is 0 Å². The van der Waals surface area contributed by atoms with E-state index >= 15 is 0 Å². The lowest BCUT2D eigenvalue weighted by atomic mass is 10.4. The SMILES string of the molecule is CC(=O)N1C(=O)C(=O)OC1C(Cl)(Cl)Cl. The molecule has 0 aliphatic carbocycles. The Morgan fingerprint density at radius 3 is 2.21 bits per heavy atom. The van der Waals surface area contributed by atoms with Crippen LogP contribution >= 0.6 is 34.8 Å². The van der Waals surface area contributed by atoms with E-state index in [4.69, 9.17) is 34.8 Å². The summed E-state index contributed by atoms with van der Waals surface area (Å²) in [4.78, 5) is 33.3. The van der Waals surface area contributed by atoms with Gasteiger partial charge in [0.2, 0.25) is 15.9 Å². The van der Waals surface area contributed by atoms with Crippen LogP contribution in [0.15, 0.2) is 0 Å². The number of amides is 2. The highest BCUT2D eigenvalue weighted by atomic mass is 35.6.